The molecule has 0 spiro atoms. The van der Waals surface area contributed by atoms with Gasteiger partial charge in [0.2, 0.25) is 0 Å². The summed E-state index contributed by atoms with van der Waals surface area (Å²) in [5, 5.41) is 5.84. The summed E-state index contributed by atoms with van der Waals surface area (Å²) in [6, 6.07) is 15.8. The van der Waals surface area contributed by atoms with Crippen molar-refractivity contribution in [3.05, 3.63) is 59.7 Å². The van der Waals surface area contributed by atoms with Gasteiger partial charge in [-0.15, -0.1) is 0 Å². The molecular weight excluding hydrogens is 366 g/mol. The highest BCUT2D eigenvalue weighted by atomic mass is 16.5. The SMILES string of the molecule is CNCCN(C)CC1NNCC1c1ccc(Oc2ccccc2C(=O)NC)cc1. The van der Waals surface area contributed by atoms with Crippen LogP contribution in [0.2, 0.25) is 0 Å². The van der Waals surface area contributed by atoms with E-state index in [1.54, 1.807) is 19.2 Å². The lowest BCUT2D eigenvalue weighted by atomic mass is 9.93. The molecule has 1 fully saturated rings. The third kappa shape index (κ3) is 5.55. The molecule has 1 aliphatic rings. The van der Waals surface area contributed by atoms with Crippen LogP contribution in [0.25, 0.3) is 0 Å². The van der Waals surface area contributed by atoms with Crippen LogP contribution in [0.1, 0.15) is 21.8 Å². The number of hydrogen-bond donors (Lipinski definition) is 4. The second kappa shape index (κ2) is 10.4. The van der Waals surface area contributed by atoms with E-state index in [4.69, 9.17) is 4.74 Å². The Morgan fingerprint density at radius 1 is 1.17 bits per heavy atom. The largest absolute Gasteiger partial charge is 0.457 e. The fourth-order valence-electron chi connectivity index (χ4n) is 3.58. The molecule has 0 aliphatic carbocycles. The van der Waals surface area contributed by atoms with Gasteiger partial charge >= 0.3 is 0 Å². The van der Waals surface area contributed by atoms with Crippen molar-refractivity contribution >= 4 is 5.91 Å². The standard InChI is InChI=1S/C22H31N5O2/c1-23-12-13-27(3)15-20-19(14-25-26-20)16-8-10-17(11-9-16)29-21-7-5-4-6-18(21)22(28)24-2/h4-11,19-20,23,25-26H,12-15H2,1-3H3,(H,24,28). The molecule has 2 aromatic carbocycles. The van der Waals surface area contributed by atoms with Crippen molar-refractivity contribution in [3.63, 3.8) is 0 Å². The van der Waals surface area contributed by atoms with E-state index in [1.165, 1.54) is 5.56 Å². The molecule has 0 aromatic heterocycles. The molecule has 29 heavy (non-hydrogen) atoms. The first-order valence-corrected chi connectivity index (χ1v) is 10.0. The smallest absolute Gasteiger partial charge is 0.254 e. The van der Waals surface area contributed by atoms with Gasteiger partial charge in [-0.2, -0.15) is 0 Å². The van der Waals surface area contributed by atoms with Gasteiger partial charge in [0.05, 0.1) is 5.56 Å². The number of para-hydroxylation sites is 1. The Labute approximate surface area is 172 Å². The van der Waals surface area contributed by atoms with Crippen molar-refractivity contribution in [3.8, 4) is 11.5 Å². The summed E-state index contributed by atoms with van der Waals surface area (Å²) in [4.78, 5) is 14.4. The van der Waals surface area contributed by atoms with E-state index in [9.17, 15) is 4.79 Å². The minimum absolute atomic E-state index is 0.162. The molecule has 0 saturated carbocycles. The number of carbonyl (C=O) groups is 1. The molecule has 1 saturated heterocycles. The first kappa shape index (κ1) is 21.3. The Morgan fingerprint density at radius 3 is 2.66 bits per heavy atom. The maximum absolute atomic E-state index is 12.0. The van der Waals surface area contributed by atoms with Crippen LogP contribution in [0.5, 0.6) is 11.5 Å². The Morgan fingerprint density at radius 2 is 1.93 bits per heavy atom. The van der Waals surface area contributed by atoms with E-state index < -0.39 is 0 Å². The van der Waals surface area contributed by atoms with Crippen LogP contribution >= 0.6 is 0 Å². The zero-order valence-electron chi connectivity index (χ0n) is 17.4. The van der Waals surface area contributed by atoms with Gasteiger partial charge < -0.3 is 20.3 Å². The number of amides is 1. The van der Waals surface area contributed by atoms with Crippen molar-refractivity contribution < 1.29 is 9.53 Å². The molecule has 3 rings (SSSR count). The first-order valence-electron chi connectivity index (χ1n) is 10.0. The predicted molar refractivity (Wildman–Crippen MR) is 115 cm³/mol. The monoisotopic (exact) mass is 397 g/mol. The van der Waals surface area contributed by atoms with Crippen molar-refractivity contribution in [2.24, 2.45) is 0 Å². The van der Waals surface area contributed by atoms with Crippen LogP contribution in [-0.2, 0) is 0 Å². The summed E-state index contributed by atoms with van der Waals surface area (Å²) in [6.45, 7) is 3.85. The molecule has 2 unspecified atom stereocenters. The summed E-state index contributed by atoms with van der Waals surface area (Å²) in [6.07, 6.45) is 0. The predicted octanol–water partition coefficient (Wildman–Crippen LogP) is 1.55. The maximum atomic E-state index is 12.0. The minimum Gasteiger partial charge on any atom is -0.457 e. The highest BCUT2D eigenvalue weighted by molar-refractivity contribution is 5.96. The third-order valence-electron chi connectivity index (χ3n) is 5.24. The Hall–Kier alpha value is -2.45. The molecule has 1 heterocycles. The summed E-state index contributed by atoms with van der Waals surface area (Å²) in [5.74, 6) is 1.49. The minimum atomic E-state index is -0.162. The van der Waals surface area contributed by atoms with Gasteiger partial charge in [-0.05, 0) is 43.9 Å². The van der Waals surface area contributed by atoms with Crippen molar-refractivity contribution in [2.45, 2.75) is 12.0 Å². The summed E-state index contributed by atoms with van der Waals surface area (Å²) < 4.78 is 5.98. The number of nitrogens with one attached hydrogen (secondary N) is 4. The summed E-state index contributed by atoms with van der Waals surface area (Å²) >= 11 is 0. The second-order valence-electron chi connectivity index (χ2n) is 7.35. The number of hydrazine groups is 1. The number of likely N-dealkylation sites (N-methyl/N-ethyl adjacent to an activating group) is 2. The fourth-order valence-corrected chi connectivity index (χ4v) is 3.58. The third-order valence-corrected chi connectivity index (χ3v) is 5.24. The van der Waals surface area contributed by atoms with Gasteiger partial charge in [-0.1, -0.05) is 24.3 Å². The lowest BCUT2D eigenvalue weighted by Crippen LogP contribution is -2.42. The van der Waals surface area contributed by atoms with Gasteiger partial charge in [0.25, 0.3) is 5.91 Å². The molecule has 7 nitrogen and oxygen atoms in total. The zero-order chi connectivity index (χ0) is 20.6. The van der Waals surface area contributed by atoms with E-state index in [2.05, 4.69) is 45.6 Å². The molecule has 0 radical (unpaired) electrons. The zero-order valence-corrected chi connectivity index (χ0v) is 17.4. The molecule has 7 heteroatoms. The van der Waals surface area contributed by atoms with E-state index in [0.717, 1.165) is 26.2 Å². The van der Waals surface area contributed by atoms with Crippen molar-refractivity contribution in [1.29, 1.82) is 0 Å². The molecule has 2 aromatic rings. The summed E-state index contributed by atoms with van der Waals surface area (Å²) in [7, 11) is 5.74. The van der Waals surface area contributed by atoms with Gasteiger partial charge in [-0.25, -0.2) is 0 Å². The molecule has 4 N–H and O–H groups in total. The van der Waals surface area contributed by atoms with Crippen LogP contribution in [0.3, 0.4) is 0 Å². The van der Waals surface area contributed by atoms with Crippen LogP contribution < -0.4 is 26.2 Å². The molecule has 156 valence electrons. The van der Waals surface area contributed by atoms with E-state index in [1.807, 2.05) is 31.3 Å². The average Bonchev–Trinajstić information content (AvgIpc) is 3.20. The van der Waals surface area contributed by atoms with Crippen LogP contribution in [0, 0.1) is 0 Å². The Kier molecular flexibility index (Phi) is 7.60. The van der Waals surface area contributed by atoms with E-state index in [-0.39, 0.29) is 5.91 Å². The van der Waals surface area contributed by atoms with Crippen LogP contribution in [0.4, 0.5) is 0 Å². The highest BCUT2D eigenvalue weighted by Gasteiger charge is 2.29. The normalized spacial score (nSPS) is 18.8. The Balaban J connectivity index is 1.66. The van der Waals surface area contributed by atoms with Crippen molar-refractivity contribution in [2.75, 3.05) is 47.3 Å². The first-order chi connectivity index (χ1) is 14.1. The lowest BCUT2D eigenvalue weighted by Gasteiger charge is -2.25. The number of nitrogens with zero attached hydrogens (tertiary/aromatic N) is 1. The Bertz CT molecular complexity index is 796. The van der Waals surface area contributed by atoms with Crippen LogP contribution in [-0.4, -0.2) is 64.2 Å². The molecule has 1 aliphatic heterocycles. The molecule has 2 atom stereocenters. The fraction of sp³-hybridized carbons (Fsp3) is 0.409. The van der Waals surface area contributed by atoms with Gasteiger partial charge in [0.1, 0.15) is 11.5 Å². The van der Waals surface area contributed by atoms with Crippen LogP contribution in [0.15, 0.2) is 48.5 Å². The average molecular weight is 398 g/mol. The number of hydrogen-bond acceptors (Lipinski definition) is 6. The molecule has 1 amide bonds. The van der Waals surface area contributed by atoms with Gasteiger partial charge in [0.15, 0.2) is 0 Å². The number of rotatable bonds is 9. The summed E-state index contributed by atoms with van der Waals surface area (Å²) in [5.41, 5.74) is 8.49. The quantitative estimate of drug-likeness (QED) is 0.514. The lowest BCUT2D eigenvalue weighted by molar-refractivity contribution is 0.0961. The number of ether oxygens (including phenoxy) is 1. The highest BCUT2D eigenvalue weighted by Crippen LogP contribution is 2.28. The second-order valence-corrected chi connectivity index (χ2v) is 7.35. The topological polar surface area (TPSA) is 77.7 Å². The molecule has 0 bridgehead atoms. The maximum Gasteiger partial charge on any atom is 0.254 e. The van der Waals surface area contributed by atoms with Gasteiger partial charge in [0, 0.05) is 45.2 Å². The van der Waals surface area contributed by atoms with E-state index in [0.29, 0.717) is 29.0 Å². The number of benzene rings is 2. The van der Waals surface area contributed by atoms with Gasteiger partial charge in [-0.3, -0.25) is 15.6 Å². The van der Waals surface area contributed by atoms with Crippen molar-refractivity contribution in [1.82, 2.24) is 26.4 Å². The van der Waals surface area contributed by atoms with E-state index >= 15 is 0 Å². The number of carbonyl (C=O) groups excluding carboxylic acids is 1. The molecular formula is C22H31N5O2.